The summed E-state index contributed by atoms with van der Waals surface area (Å²) in [6.07, 6.45) is 6.80. The second-order valence-corrected chi connectivity index (χ2v) is 4.13. The number of aromatic nitrogens is 1. The van der Waals surface area contributed by atoms with Gasteiger partial charge >= 0.3 is 0 Å². The summed E-state index contributed by atoms with van der Waals surface area (Å²) in [6.45, 7) is 4.51. The van der Waals surface area contributed by atoms with Gasteiger partial charge in [-0.25, -0.2) is 0 Å². The lowest BCUT2D eigenvalue weighted by Gasteiger charge is -2.08. The molecule has 0 atom stereocenters. The van der Waals surface area contributed by atoms with Crippen LogP contribution in [0.25, 0.3) is 0 Å². The SMILES string of the molecule is CC1(CNCc2cc[nH]c2)CC1. The van der Waals surface area contributed by atoms with E-state index in [1.54, 1.807) is 0 Å². The normalized spacial score (nSPS) is 19.4. The average molecular weight is 164 g/mol. The van der Waals surface area contributed by atoms with Crippen molar-refractivity contribution in [3.8, 4) is 0 Å². The molecule has 0 aliphatic heterocycles. The van der Waals surface area contributed by atoms with Crippen LogP contribution in [0.4, 0.5) is 0 Å². The van der Waals surface area contributed by atoms with Crippen LogP contribution in [0.2, 0.25) is 0 Å². The molecular formula is C10H16N2. The summed E-state index contributed by atoms with van der Waals surface area (Å²) in [6, 6.07) is 2.11. The molecule has 2 nitrogen and oxygen atoms in total. The molecule has 1 aliphatic carbocycles. The Morgan fingerprint density at radius 2 is 2.42 bits per heavy atom. The fourth-order valence-electron chi connectivity index (χ4n) is 1.37. The quantitative estimate of drug-likeness (QED) is 0.699. The molecule has 12 heavy (non-hydrogen) atoms. The predicted octanol–water partition coefficient (Wildman–Crippen LogP) is 1.90. The Bertz CT molecular complexity index is 234. The van der Waals surface area contributed by atoms with Crippen LogP contribution in [0.1, 0.15) is 25.3 Å². The lowest BCUT2D eigenvalue weighted by molar-refractivity contribution is 0.499. The van der Waals surface area contributed by atoms with Gasteiger partial charge in [-0.05, 0) is 29.9 Å². The summed E-state index contributed by atoms with van der Waals surface area (Å²) in [5, 5.41) is 3.47. The van der Waals surface area contributed by atoms with Crippen molar-refractivity contribution < 1.29 is 0 Å². The van der Waals surface area contributed by atoms with Gasteiger partial charge < -0.3 is 10.3 Å². The van der Waals surface area contributed by atoms with Crippen molar-refractivity contribution in [3.05, 3.63) is 24.0 Å². The minimum Gasteiger partial charge on any atom is -0.367 e. The van der Waals surface area contributed by atoms with Gasteiger partial charge in [0.2, 0.25) is 0 Å². The molecule has 0 spiro atoms. The zero-order valence-electron chi connectivity index (χ0n) is 7.56. The smallest absolute Gasteiger partial charge is 0.0220 e. The molecule has 2 N–H and O–H groups in total. The van der Waals surface area contributed by atoms with E-state index in [0.717, 1.165) is 13.1 Å². The monoisotopic (exact) mass is 164 g/mol. The van der Waals surface area contributed by atoms with E-state index in [1.165, 1.54) is 18.4 Å². The molecule has 1 aliphatic rings. The van der Waals surface area contributed by atoms with E-state index in [2.05, 4.69) is 23.3 Å². The molecule has 66 valence electrons. The molecule has 0 amide bonds. The number of nitrogens with one attached hydrogen (secondary N) is 2. The van der Waals surface area contributed by atoms with E-state index < -0.39 is 0 Å². The minimum absolute atomic E-state index is 0.621. The third-order valence-electron chi connectivity index (χ3n) is 2.65. The molecule has 0 bridgehead atoms. The highest BCUT2D eigenvalue weighted by Crippen LogP contribution is 2.44. The van der Waals surface area contributed by atoms with E-state index in [-0.39, 0.29) is 0 Å². The molecule has 0 saturated heterocycles. The number of hydrogen-bond donors (Lipinski definition) is 2. The van der Waals surface area contributed by atoms with Gasteiger partial charge in [-0.15, -0.1) is 0 Å². The average Bonchev–Trinajstić information content (AvgIpc) is 2.61. The third kappa shape index (κ3) is 1.89. The standard InChI is InChI=1S/C10H16N2/c1-10(3-4-10)8-12-7-9-2-5-11-6-9/h2,5-6,11-12H,3-4,7-8H2,1H3. The van der Waals surface area contributed by atoms with Crippen LogP contribution in [0.5, 0.6) is 0 Å². The van der Waals surface area contributed by atoms with Gasteiger partial charge in [0, 0.05) is 25.5 Å². The first kappa shape index (κ1) is 7.87. The van der Waals surface area contributed by atoms with Gasteiger partial charge in [-0.1, -0.05) is 6.92 Å². The van der Waals surface area contributed by atoms with Crippen LogP contribution in [0.15, 0.2) is 18.5 Å². The Morgan fingerprint density at radius 1 is 1.58 bits per heavy atom. The molecule has 0 radical (unpaired) electrons. The summed E-state index contributed by atoms with van der Waals surface area (Å²) in [5.41, 5.74) is 1.97. The Hall–Kier alpha value is -0.760. The Balaban J connectivity index is 1.69. The highest BCUT2D eigenvalue weighted by Gasteiger charge is 2.36. The maximum absolute atomic E-state index is 3.47. The van der Waals surface area contributed by atoms with E-state index in [1.807, 2.05) is 12.4 Å². The zero-order chi connectivity index (χ0) is 8.44. The first-order valence-electron chi connectivity index (χ1n) is 4.61. The van der Waals surface area contributed by atoms with Gasteiger partial charge in [0.1, 0.15) is 0 Å². The van der Waals surface area contributed by atoms with Crippen molar-refractivity contribution in [2.45, 2.75) is 26.3 Å². The minimum atomic E-state index is 0.621. The van der Waals surface area contributed by atoms with Crippen molar-refractivity contribution in [2.75, 3.05) is 6.54 Å². The second kappa shape index (κ2) is 2.94. The number of aromatic amines is 1. The third-order valence-corrected chi connectivity index (χ3v) is 2.65. The maximum Gasteiger partial charge on any atom is 0.0220 e. The zero-order valence-corrected chi connectivity index (χ0v) is 7.56. The molecule has 1 heterocycles. The highest BCUT2D eigenvalue weighted by atomic mass is 14.9. The summed E-state index contributed by atoms with van der Waals surface area (Å²) >= 11 is 0. The summed E-state index contributed by atoms with van der Waals surface area (Å²) in [5.74, 6) is 0. The van der Waals surface area contributed by atoms with Gasteiger partial charge in [0.25, 0.3) is 0 Å². The molecular weight excluding hydrogens is 148 g/mol. The number of hydrogen-bond acceptors (Lipinski definition) is 1. The van der Waals surface area contributed by atoms with Crippen molar-refractivity contribution in [3.63, 3.8) is 0 Å². The molecule has 2 heteroatoms. The largest absolute Gasteiger partial charge is 0.367 e. The van der Waals surface area contributed by atoms with Crippen LogP contribution in [-0.4, -0.2) is 11.5 Å². The molecule has 1 aromatic heterocycles. The molecule has 1 aromatic rings. The maximum atomic E-state index is 3.47. The molecule has 0 unspecified atom stereocenters. The predicted molar refractivity (Wildman–Crippen MR) is 49.8 cm³/mol. The van der Waals surface area contributed by atoms with Gasteiger partial charge in [0.15, 0.2) is 0 Å². The van der Waals surface area contributed by atoms with Crippen molar-refractivity contribution in [1.82, 2.24) is 10.3 Å². The van der Waals surface area contributed by atoms with Crippen molar-refractivity contribution >= 4 is 0 Å². The molecule has 1 fully saturated rings. The van der Waals surface area contributed by atoms with Crippen molar-refractivity contribution in [1.29, 1.82) is 0 Å². The molecule has 1 saturated carbocycles. The Kier molecular flexibility index (Phi) is 1.93. The Labute approximate surface area is 73.4 Å². The Morgan fingerprint density at radius 3 is 3.00 bits per heavy atom. The molecule has 2 rings (SSSR count). The fraction of sp³-hybridized carbons (Fsp3) is 0.600. The van der Waals surface area contributed by atoms with Gasteiger partial charge in [0.05, 0.1) is 0 Å². The highest BCUT2D eigenvalue weighted by molar-refractivity contribution is 5.07. The van der Waals surface area contributed by atoms with Crippen LogP contribution < -0.4 is 5.32 Å². The van der Waals surface area contributed by atoms with Crippen molar-refractivity contribution in [2.24, 2.45) is 5.41 Å². The van der Waals surface area contributed by atoms with Crippen LogP contribution in [-0.2, 0) is 6.54 Å². The number of H-pyrrole nitrogens is 1. The summed E-state index contributed by atoms with van der Waals surface area (Å²) in [7, 11) is 0. The first-order valence-corrected chi connectivity index (χ1v) is 4.61. The first-order chi connectivity index (χ1) is 5.79. The van der Waals surface area contributed by atoms with E-state index in [4.69, 9.17) is 0 Å². The lowest BCUT2D eigenvalue weighted by atomic mass is 10.1. The second-order valence-electron chi connectivity index (χ2n) is 4.13. The van der Waals surface area contributed by atoms with Crippen LogP contribution in [0.3, 0.4) is 0 Å². The van der Waals surface area contributed by atoms with Gasteiger partial charge in [-0.3, -0.25) is 0 Å². The van der Waals surface area contributed by atoms with Crippen LogP contribution >= 0.6 is 0 Å². The topological polar surface area (TPSA) is 27.8 Å². The van der Waals surface area contributed by atoms with E-state index in [9.17, 15) is 0 Å². The van der Waals surface area contributed by atoms with Gasteiger partial charge in [-0.2, -0.15) is 0 Å². The van der Waals surface area contributed by atoms with Crippen LogP contribution in [0, 0.1) is 5.41 Å². The van der Waals surface area contributed by atoms with E-state index >= 15 is 0 Å². The fourth-order valence-corrected chi connectivity index (χ4v) is 1.37. The lowest BCUT2D eigenvalue weighted by Crippen LogP contribution is -2.21. The number of rotatable bonds is 4. The summed E-state index contributed by atoms with van der Waals surface area (Å²) < 4.78 is 0. The summed E-state index contributed by atoms with van der Waals surface area (Å²) in [4.78, 5) is 3.05. The molecule has 0 aromatic carbocycles. The van der Waals surface area contributed by atoms with E-state index in [0.29, 0.717) is 5.41 Å².